The zero-order valence-corrected chi connectivity index (χ0v) is 13.2. The number of phenolic OH excluding ortho intramolecular Hbond substituents is 1. The smallest absolute Gasteiger partial charge is 0.200 e. The number of allylic oxidation sites excluding steroid dienone is 1. The van der Waals surface area contributed by atoms with Crippen LogP contribution in [0.25, 0.3) is 11.1 Å². The van der Waals surface area contributed by atoms with Gasteiger partial charge in [-0.2, -0.15) is 0 Å². The highest BCUT2D eigenvalue weighted by molar-refractivity contribution is 5.87. The number of aromatic hydroxyl groups is 1. The summed E-state index contributed by atoms with van der Waals surface area (Å²) in [5.41, 5.74) is 1.53. The van der Waals surface area contributed by atoms with Crippen molar-refractivity contribution in [3.05, 3.63) is 48.7 Å². The summed E-state index contributed by atoms with van der Waals surface area (Å²) >= 11 is 0. The lowest BCUT2D eigenvalue weighted by Crippen LogP contribution is -1.93. The molecule has 0 aliphatic rings. The molecule has 0 fully saturated rings. The standard InChI is InChI=1S/C18H18O5/c1-12(19)8-9-23-15-7-5-4-6-14(15)13-10-16(21-2)18(20)17(11-13)22-3/h4-11,20H,1-3H3. The molecule has 1 N–H and O–H groups in total. The summed E-state index contributed by atoms with van der Waals surface area (Å²) in [7, 11) is 2.94. The van der Waals surface area contributed by atoms with Crippen molar-refractivity contribution in [1.82, 2.24) is 0 Å². The predicted molar refractivity (Wildman–Crippen MR) is 87.1 cm³/mol. The molecule has 2 aromatic rings. The predicted octanol–water partition coefficient (Wildman–Crippen LogP) is 3.56. The number of ketones is 1. The van der Waals surface area contributed by atoms with Gasteiger partial charge in [0.25, 0.3) is 0 Å². The molecule has 0 aliphatic heterocycles. The van der Waals surface area contributed by atoms with E-state index in [1.165, 1.54) is 33.5 Å². The van der Waals surface area contributed by atoms with Gasteiger partial charge < -0.3 is 19.3 Å². The van der Waals surface area contributed by atoms with Crippen LogP contribution in [0.5, 0.6) is 23.0 Å². The second-order valence-corrected chi connectivity index (χ2v) is 4.76. The number of hydrogen-bond acceptors (Lipinski definition) is 5. The zero-order valence-electron chi connectivity index (χ0n) is 13.2. The van der Waals surface area contributed by atoms with E-state index >= 15 is 0 Å². The maximum atomic E-state index is 11.0. The summed E-state index contributed by atoms with van der Waals surface area (Å²) in [6.07, 6.45) is 2.69. The van der Waals surface area contributed by atoms with Crippen LogP contribution in [-0.4, -0.2) is 25.1 Å². The van der Waals surface area contributed by atoms with Gasteiger partial charge in [0, 0.05) is 11.6 Å². The molecular formula is C18H18O5. The fourth-order valence-corrected chi connectivity index (χ4v) is 2.06. The van der Waals surface area contributed by atoms with Gasteiger partial charge in [-0.25, -0.2) is 0 Å². The summed E-state index contributed by atoms with van der Waals surface area (Å²) in [5.74, 6) is 1.01. The number of rotatable bonds is 6. The highest BCUT2D eigenvalue weighted by Gasteiger charge is 2.14. The van der Waals surface area contributed by atoms with E-state index in [9.17, 15) is 9.90 Å². The molecule has 0 atom stereocenters. The molecule has 0 radical (unpaired) electrons. The number of methoxy groups -OCH3 is 2. The van der Waals surface area contributed by atoms with Gasteiger partial charge in [0.05, 0.1) is 20.5 Å². The van der Waals surface area contributed by atoms with Crippen LogP contribution in [0.1, 0.15) is 6.92 Å². The molecule has 5 heteroatoms. The van der Waals surface area contributed by atoms with Crippen LogP contribution in [0.15, 0.2) is 48.7 Å². The normalized spacial score (nSPS) is 10.6. The average molecular weight is 314 g/mol. The lowest BCUT2D eigenvalue weighted by atomic mass is 10.0. The SMILES string of the molecule is COc1cc(-c2ccccc2OC=CC(C)=O)cc(OC)c1O. The van der Waals surface area contributed by atoms with Crippen LogP contribution in [0.3, 0.4) is 0 Å². The third-order valence-corrected chi connectivity index (χ3v) is 3.18. The van der Waals surface area contributed by atoms with E-state index < -0.39 is 0 Å². The Morgan fingerprint density at radius 3 is 2.22 bits per heavy atom. The van der Waals surface area contributed by atoms with Crippen LogP contribution in [-0.2, 0) is 4.79 Å². The Bertz CT molecular complexity index is 709. The Kier molecular flexibility index (Phi) is 5.25. The topological polar surface area (TPSA) is 65.0 Å². The van der Waals surface area contributed by atoms with E-state index in [1.54, 1.807) is 18.2 Å². The molecule has 0 bridgehead atoms. The van der Waals surface area contributed by atoms with Crippen molar-refractivity contribution in [3.8, 4) is 34.1 Å². The third-order valence-electron chi connectivity index (χ3n) is 3.18. The average Bonchev–Trinajstić information content (AvgIpc) is 2.55. The van der Waals surface area contributed by atoms with Crippen molar-refractivity contribution in [2.24, 2.45) is 0 Å². The van der Waals surface area contributed by atoms with Gasteiger partial charge in [0.15, 0.2) is 17.3 Å². The number of phenols is 1. The van der Waals surface area contributed by atoms with E-state index in [2.05, 4.69) is 0 Å². The van der Waals surface area contributed by atoms with E-state index in [1.807, 2.05) is 18.2 Å². The van der Waals surface area contributed by atoms with Gasteiger partial charge in [0.2, 0.25) is 5.75 Å². The Morgan fingerprint density at radius 1 is 1.04 bits per heavy atom. The maximum absolute atomic E-state index is 11.0. The minimum atomic E-state index is -0.101. The fourth-order valence-electron chi connectivity index (χ4n) is 2.06. The summed E-state index contributed by atoms with van der Waals surface area (Å²) in [6.45, 7) is 1.45. The van der Waals surface area contributed by atoms with Crippen molar-refractivity contribution in [2.75, 3.05) is 14.2 Å². The largest absolute Gasteiger partial charge is 0.502 e. The van der Waals surface area contributed by atoms with E-state index in [0.717, 1.165) is 11.1 Å². The maximum Gasteiger partial charge on any atom is 0.200 e. The third kappa shape index (κ3) is 3.83. The second kappa shape index (κ2) is 7.35. The molecule has 0 amide bonds. The molecule has 2 rings (SSSR count). The van der Waals surface area contributed by atoms with Crippen molar-refractivity contribution in [1.29, 1.82) is 0 Å². The van der Waals surface area contributed by atoms with Gasteiger partial charge in [0.1, 0.15) is 5.75 Å². The minimum Gasteiger partial charge on any atom is -0.502 e. The molecule has 0 aromatic heterocycles. The minimum absolute atomic E-state index is 0.0615. The van der Waals surface area contributed by atoms with Gasteiger partial charge in [-0.15, -0.1) is 0 Å². The van der Waals surface area contributed by atoms with Gasteiger partial charge in [-0.3, -0.25) is 4.79 Å². The molecule has 0 unspecified atom stereocenters. The van der Waals surface area contributed by atoms with Gasteiger partial charge >= 0.3 is 0 Å². The molecule has 2 aromatic carbocycles. The molecule has 5 nitrogen and oxygen atoms in total. The molecule has 120 valence electrons. The number of carbonyl (C=O) groups excluding carboxylic acids is 1. The number of benzene rings is 2. The molecule has 0 aliphatic carbocycles. The van der Waals surface area contributed by atoms with Gasteiger partial charge in [-0.05, 0) is 30.7 Å². The number of para-hydroxylation sites is 1. The van der Waals surface area contributed by atoms with Gasteiger partial charge in [-0.1, -0.05) is 18.2 Å². The highest BCUT2D eigenvalue weighted by Crippen LogP contribution is 2.42. The number of ether oxygens (including phenoxy) is 3. The van der Waals surface area contributed by atoms with Crippen LogP contribution in [0, 0.1) is 0 Å². The van der Waals surface area contributed by atoms with Crippen LogP contribution in [0.4, 0.5) is 0 Å². The first-order valence-corrected chi connectivity index (χ1v) is 6.95. The second-order valence-electron chi connectivity index (χ2n) is 4.76. The van der Waals surface area contributed by atoms with Crippen molar-refractivity contribution in [3.63, 3.8) is 0 Å². The molecule has 0 saturated carbocycles. The lowest BCUT2D eigenvalue weighted by molar-refractivity contribution is -0.112. The van der Waals surface area contributed by atoms with Crippen molar-refractivity contribution in [2.45, 2.75) is 6.92 Å². The monoisotopic (exact) mass is 314 g/mol. The lowest BCUT2D eigenvalue weighted by Gasteiger charge is -2.13. The van der Waals surface area contributed by atoms with Crippen molar-refractivity contribution < 1.29 is 24.1 Å². The molecule has 0 heterocycles. The molecule has 0 spiro atoms. The Balaban J connectivity index is 2.48. The van der Waals surface area contributed by atoms with E-state index in [4.69, 9.17) is 14.2 Å². The Hall–Kier alpha value is -2.95. The fraction of sp³-hybridized carbons (Fsp3) is 0.167. The summed E-state index contributed by atoms with van der Waals surface area (Å²) in [5, 5.41) is 10.0. The molecule has 23 heavy (non-hydrogen) atoms. The summed E-state index contributed by atoms with van der Waals surface area (Å²) < 4.78 is 15.9. The number of carbonyl (C=O) groups is 1. The first-order chi connectivity index (χ1) is 11.1. The quantitative estimate of drug-likeness (QED) is 0.652. The van der Waals surface area contributed by atoms with Crippen LogP contribution >= 0.6 is 0 Å². The zero-order chi connectivity index (χ0) is 16.8. The van der Waals surface area contributed by atoms with Crippen LogP contribution < -0.4 is 14.2 Å². The summed E-state index contributed by atoms with van der Waals surface area (Å²) in [4.78, 5) is 11.0. The van der Waals surface area contributed by atoms with E-state index in [-0.39, 0.29) is 11.5 Å². The first-order valence-electron chi connectivity index (χ1n) is 6.95. The van der Waals surface area contributed by atoms with Crippen molar-refractivity contribution >= 4 is 5.78 Å². The number of hydrogen-bond donors (Lipinski definition) is 1. The first kappa shape index (κ1) is 16.4. The molecule has 0 saturated heterocycles. The van der Waals surface area contributed by atoms with Crippen LogP contribution in [0.2, 0.25) is 0 Å². The highest BCUT2D eigenvalue weighted by atomic mass is 16.5. The molecular weight excluding hydrogens is 296 g/mol. The van der Waals surface area contributed by atoms with E-state index in [0.29, 0.717) is 17.2 Å². The summed E-state index contributed by atoms with van der Waals surface area (Å²) in [6, 6.07) is 10.7. The Morgan fingerprint density at radius 2 is 1.65 bits per heavy atom. The Labute approximate surface area is 134 Å².